The lowest BCUT2D eigenvalue weighted by Gasteiger charge is -2.35. The topological polar surface area (TPSA) is 39.4 Å². The molecule has 1 heterocycles. The van der Waals surface area contributed by atoms with E-state index in [1.807, 2.05) is 0 Å². The van der Waals surface area contributed by atoms with Crippen LogP contribution in [0.2, 0.25) is 18.1 Å². The van der Waals surface area contributed by atoms with Gasteiger partial charge in [-0.05, 0) is 30.3 Å². The van der Waals surface area contributed by atoms with Crippen molar-refractivity contribution in [2.45, 2.75) is 38.9 Å². The molecule has 15 heavy (non-hydrogen) atoms. The van der Waals surface area contributed by atoms with E-state index in [1.165, 1.54) is 6.26 Å². The molecule has 0 amide bonds. The summed E-state index contributed by atoms with van der Waals surface area (Å²) >= 11 is 0. The molecule has 0 atom stereocenters. The molecule has 0 aliphatic heterocycles. The van der Waals surface area contributed by atoms with E-state index in [1.54, 1.807) is 12.1 Å². The molecule has 0 bridgehead atoms. The number of rotatable bonds is 2. The number of hydrogen-bond donors (Lipinski definition) is 0. The Labute approximate surface area is 91.2 Å². The second-order valence-corrected chi connectivity index (χ2v) is 9.85. The van der Waals surface area contributed by atoms with E-state index in [9.17, 15) is 4.79 Å². The predicted octanol–water partition coefficient (Wildman–Crippen LogP) is 3.02. The third-order valence-electron chi connectivity index (χ3n) is 2.87. The largest absolute Gasteiger partial charge is 0.539 e. The Bertz CT molecular complexity index is 387. The number of hydrogen-bond acceptors (Lipinski definition) is 3. The molecule has 0 aliphatic carbocycles. The minimum absolute atomic E-state index is 0.0787. The van der Waals surface area contributed by atoms with Crippen molar-refractivity contribution >= 4 is 8.32 Å². The summed E-state index contributed by atoms with van der Waals surface area (Å²) in [5.74, 6) is 0.323. The molecule has 1 aromatic heterocycles. The Balaban J connectivity index is 2.97. The van der Waals surface area contributed by atoms with Gasteiger partial charge < -0.3 is 8.84 Å². The summed E-state index contributed by atoms with van der Waals surface area (Å²) in [5, 5.41) is 0.0787. The van der Waals surface area contributed by atoms with Crippen molar-refractivity contribution in [1.82, 2.24) is 0 Å². The summed E-state index contributed by atoms with van der Waals surface area (Å²) < 4.78 is 10.6. The molecule has 0 N–H and O–H groups in total. The van der Waals surface area contributed by atoms with E-state index in [0.717, 1.165) is 0 Å². The second kappa shape index (κ2) is 3.85. The summed E-state index contributed by atoms with van der Waals surface area (Å²) in [6, 6.07) is 3.33. The normalized spacial score (nSPS) is 12.6. The van der Waals surface area contributed by atoms with Crippen LogP contribution in [0.5, 0.6) is 5.75 Å². The minimum atomic E-state index is -1.94. The molecule has 1 rings (SSSR count). The maximum Gasteiger partial charge on any atom is 0.377 e. The quantitative estimate of drug-likeness (QED) is 0.728. The van der Waals surface area contributed by atoms with E-state index in [0.29, 0.717) is 5.75 Å². The van der Waals surface area contributed by atoms with E-state index in [4.69, 9.17) is 8.84 Å². The fourth-order valence-corrected chi connectivity index (χ4v) is 1.86. The lowest BCUT2D eigenvalue weighted by Crippen LogP contribution is -2.44. The molecule has 0 spiro atoms. The van der Waals surface area contributed by atoms with Crippen LogP contribution >= 0.6 is 0 Å². The van der Waals surface area contributed by atoms with Crippen molar-refractivity contribution in [3.05, 3.63) is 28.8 Å². The summed E-state index contributed by atoms with van der Waals surface area (Å²) in [7, 11) is -1.94. The van der Waals surface area contributed by atoms with Gasteiger partial charge in [0.1, 0.15) is 0 Å². The first-order valence-corrected chi connectivity index (χ1v) is 7.92. The fraction of sp³-hybridized carbons (Fsp3) is 0.545. The fourth-order valence-electron chi connectivity index (χ4n) is 0.858. The molecule has 4 heteroatoms. The smallest absolute Gasteiger partial charge is 0.377 e. The summed E-state index contributed by atoms with van der Waals surface area (Å²) in [6.45, 7) is 10.6. The first kappa shape index (κ1) is 12.0. The molecule has 0 saturated heterocycles. The van der Waals surface area contributed by atoms with Gasteiger partial charge in [-0.25, -0.2) is 4.79 Å². The van der Waals surface area contributed by atoms with Crippen molar-refractivity contribution < 1.29 is 8.84 Å². The van der Waals surface area contributed by atoms with Crippen LogP contribution in [0.1, 0.15) is 20.8 Å². The van der Waals surface area contributed by atoms with Gasteiger partial charge in [0.25, 0.3) is 8.32 Å². The lowest BCUT2D eigenvalue weighted by molar-refractivity contribution is 0.433. The molecule has 0 saturated carbocycles. The van der Waals surface area contributed by atoms with Gasteiger partial charge in [0.05, 0.1) is 6.26 Å². The van der Waals surface area contributed by atoms with Crippen molar-refractivity contribution in [3.63, 3.8) is 0 Å². The van der Waals surface area contributed by atoms with Gasteiger partial charge in [0, 0.05) is 0 Å². The second-order valence-electron chi connectivity index (χ2n) is 5.13. The summed E-state index contributed by atoms with van der Waals surface area (Å²) in [6.07, 6.45) is 1.36. The van der Waals surface area contributed by atoms with Gasteiger partial charge in [0.15, 0.2) is 5.75 Å². The van der Waals surface area contributed by atoms with Crippen LogP contribution in [0.25, 0.3) is 0 Å². The SMILES string of the molecule is CC(C)(C)[Si](C)(C)Oc1cccoc1=O. The zero-order valence-corrected chi connectivity index (χ0v) is 11.0. The Hall–Kier alpha value is -1.03. The highest BCUT2D eigenvalue weighted by Gasteiger charge is 2.39. The van der Waals surface area contributed by atoms with E-state index >= 15 is 0 Å². The minimum Gasteiger partial charge on any atom is -0.539 e. The Morgan fingerprint density at radius 3 is 2.40 bits per heavy atom. The van der Waals surface area contributed by atoms with Crippen molar-refractivity contribution in [1.29, 1.82) is 0 Å². The lowest BCUT2D eigenvalue weighted by atomic mass is 10.2. The van der Waals surface area contributed by atoms with E-state index in [2.05, 4.69) is 33.9 Å². The highest BCUT2D eigenvalue weighted by Crippen LogP contribution is 2.36. The maximum atomic E-state index is 11.4. The van der Waals surface area contributed by atoms with Crippen molar-refractivity contribution in [2.75, 3.05) is 0 Å². The Morgan fingerprint density at radius 2 is 1.93 bits per heavy atom. The predicted molar refractivity (Wildman–Crippen MR) is 62.8 cm³/mol. The standard InChI is InChI=1S/C11H18O3Si/c1-11(2,3)15(4,5)14-9-7-6-8-13-10(9)12/h6-8H,1-5H3. The molecular weight excluding hydrogens is 208 g/mol. The highest BCUT2D eigenvalue weighted by molar-refractivity contribution is 6.74. The van der Waals surface area contributed by atoms with Gasteiger partial charge in [0.2, 0.25) is 0 Å². The van der Waals surface area contributed by atoms with Crippen LogP contribution in [-0.2, 0) is 0 Å². The summed E-state index contributed by atoms with van der Waals surface area (Å²) in [4.78, 5) is 11.4. The maximum absolute atomic E-state index is 11.4. The van der Waals surface area contributed by atoms with Gasteiger partial charge in [-0.3, -0.25) is 0 Å². The molecule has 0 unspecified atom stereocenters. The molecule has 0 aliphatic rings. The average Bonchev–Trinajstić information content (AvgIpc) is 2.06. The van der Waals surface area contributed by atoms with Crippen LogP contribution in [0.4, 0.5) is 0 Å². The third-order valence-corrected chi connectivity index (χ3v) is 7.22. The van der Waals surface area contributed by atoms with Gasteiger partial charge in [-0.1, -0.05) is 20.8 Å². The molecule has 84 valence electrons. The summed E-state index contributed by atoms with van der Waals surface area (Å²) in [5.41, 5.74) is -0.401. The van der Waals surface area contributed by atoms with Crippen LogP contribution in [0.3, 0.4) is 0 Å². The van der Waals surface area contributed by atoms with Gasteiger partial charge in [-0.2, -0.15) is 0 Å². The van der Waals surface area contributed by atoms with Crippen molar-refractivity contribution in [3.8, 4) is 5.75 Å². The first-order valence-electron chi connectivity index (χ1n) is 5.01. The highest BCUT2D eigenvalue weighted by atomic mass is 28.4. The van der Waals surface area contributed by atoms with Gasteiger partial charge in [-0.15, -0.1) is 0 Å². The van der Waals surface area contributed by atoms with E-state index in [-0.39, 0.29) is 5.04 Å². The molecule has 1 aromatic rings. The molecule has 0 fully saturated rings. The van der Waals surface area contributed by atoms with Crippen LogP contribution in [0, 0.1) is 0 Å². The van der Waals surface area contributed by atoms with E-state index < -0.39 is 13.9 Å². The van der Waals surface area contributed by atoms with Gasteiger partial charge >= 0.3 is 5.63 Å². The molecule has 0 aromatic carbocycles. The first-order chi connectivity index (χ1) is 6.74. The zero-order valence-electron chi connectivity index (χ0n) is 9.96. The Kier molecular flexibility index (Phi) is 3.09. The van der Waals surface area contributed by atoms with Crippen LogP contribution in [0.15, 0.2) is 27.6 Å². The molecular formula is C11H18O3Si. The van der Waals surface area contributed by atoms with Crippen LogP contribution in [-0.4, -0.2) is 8.32 Å². The zero-order chi connectivity index (χ0) is 11.7. The third kappa shape index (κ3) is 2.72. The Morgan fingerprint density at radius 1 is 1.33 bits per heavy atom. The average molecular weight is 226 g/mol. The van der Waals surface area contributed by atoms with Crippen molar-refractivity contribution in [2.24, 2.45) is 0 Å². The molecule has 3 nitrogen and oxygen atoms in total. The van der Waals surface area contributed by atoms with Crippen LogP contribution < -0.4 is 10.1 Å². The monoisotopic (exact) mass is 226 g/mol. The molecule has 0 radical (unpaired) electrons.